The van der Waals surface area contributed by atoms with E-state index in [1.165, 1.54) is 57.9 Å². The van der Waals surface area contributed by atoms with Crippen molar-refractivity contribution < 1.29 is 21.5 Å². The molecule has 2 aromatic heterocycles. The second-order valence-electron chi connectivity index (χ2n) is 5.61. The molecule has 0 aliphatic heterocycles. The lowest BCUT2D eigenvalue weighted by Gasteiger charge is -2.00. The molecule has 2 rings (SSSR count). The van der Waals surface area contributed by atoms with E-state index in [9.17, 15) is 0 Å². The van der Waals surface area contributed by atoms with E-state index in [1.54, 1.807) is 12.4 Å². The van der Waals surface area contributed by atoms with Crippen LogP contribution < -0.4 is 21.5 Å². The summed E-state index contributed by atoms with van der Waals surface area (Å²) in [7, 11) is 0. The molecular formula is C20H32BrClN2. The molecule has 2 nitrogen and oxygen atoms in total. The Kier molecular flexibility index (Phi) is 21.2. The van der Waals surface area contributed by atoms with Gasteiger partial charge in [0, 0.05) is 30.9 Å². The van der Waals surface area contributed by atoms with Crippen molar-refractivity contribution in [2.45, 2.75) is 64.8 Å². The van der Waals surface area contributed by atoms with Gasteiger partial charge in [-0.2, -0.15) is 0 Å². The van der Waals surface area contributed by atoms with Crippen LogP contribution in [0, 0.1) is 0 Å². The van der Waals surface area contributed by atoms with E-state index >= 15 is 0 Å². The number of rotatable bonds is 9. The highest BCUT2D eigenvalue weighted by Crippen LogP contribution is 2.08. The normalized spacial score (nSPS) is 9.04. The van der Waals surface area contributed by atoms with Gasteiger partial charge >= 0.3 is 0 Å². The average Bonchev–Trinajstić information content (AvgIpc) is 2.60. The maximum Gasteiger partial charge on any atom is 0.168 e. The molecule has 2 heterocycles. The number of pyridine rings is 2. The zero-order valence-corrected chi connectivity index (χ0v) is 17.2. The summed E-state index contributed by atoms with van der Waals surface area (Å²) in [5, 5.41) is 0. The summed E-state index contributed by atoms with van der Waals surface area (Å²) < 4.78 is 2.27. The van der Waals surface area contributed by atoms with Crippen LogP contribution in [0.5, 0.6) is 0 Å². The summed E-state index contributed by atoms with van der Waals surface area (Å²) in [6, 6.07) is 12.0. The fourth-order valence-electron chi connectivity index (χ4n) is 2.32. The van der Waals surface area contributed by atoms with Gasteiger partial charge in [0.05, 0.1) is 0 Å². The van der Waals surface area contributed by atoms with Crippen LogP contribution in [0.1, 0.15) is 58.3 Å². The van der Waals surface area contributed by atoms with Crippen molar-refractivity contribution in [3.8, 4) is 0 Å². The Morgan fingerprint density at radius 1 is 0.667 bits per heavy atom. The van der Waals surface area contributed by atoms with Crippen molar-refractivity contribution >= 4 is 12.4 Å². The minimum absolute atomic E-state index is 0. The van der Waals surface area contributed by atoms with E-state index < -0.39 is 0 Å². The summed E-state index contributed by atoms with van der Waals surface area (Å²) >= 11 is 0. The van der Waals surface area contributed by atoms with Gasteiger partial charge in [0.15, 0.2) is 12.4 Å². The van der Waals surface area contributed by atoms with Crippen LogP contribution >= 0.6 is 12.4 Å². The maximum atomic E-state index is 3.78. The zero-order chi connectivity index (χ0) is 15.7. The average molecular weight is 416 g/mol. The number of hydrogen-bond acceptors (Lipinski definition) is 1. The first-order valence-electron chi connectivity index (χ1n) is 8.72. The van der Waals surface area contributed by atoms with Gasteiger partial charge in [-0.3, -0.25) is 4.98 Å². The minimum atomic E-state index is 0. The van der Waals surface area contributed by atoms with Gasteiger partial charge in [0.2, 0.25) is 0 Å². The van der Waals surface area contributed by atoms with Gasteiger partial charge in [-0.1, -0.05) is 57.6 Å². The second kappa shape index (κ2) is 20.1. The molecule has 0 aliphatic rings. The molecule has 0 bridgehead atoms. The summed E-state index contributed by atoms with van der Waals surface area (Å²) in [6.07, 6.45) is 19.0. The standard InChI is InChI=1S/C15H26N.C5H5N.BrH.ClH/c1-2-3-4-5-6-7-8-10-13-16-14-11-9-12-15-16;1-2-4-6-5-3-1;;/h9,11-12,14-15H,2-8,10,13H2,1H3;1-5H;2*1H/q+1;;;/p-1. The van der Waals surface area contributed by atoms with E-state index in [-0.39, 0.29) is 29.4 Å². The van der Waals surface area contributed by atoms with Crippen molar-refractivity contribution in [1.82, 2.24) is 4.98 Å². The third-order valence-electron chi connectivity index (χ3n) is 3.61. The van der Waals surface area contributed by atoms with E-state index in [0.717, 1.165) is 0 Å². The quantitative estimate of drug-likeness (QED) is 0.454. The molecule has 0 unspecified atom stereocenters. The van der Waals surface area contributed by atoms with Gasteiger partial charge < -0.3 is 17.0 Å². The molecule has 0 fully saturated rings. The number of aromatic nitrogens is 2. The molecule has 0 saturated carbocycles. The Hall–Kier alpha value is -0.930. The Labute approximate surface area is 164 Å². The third kappa shape index (κ3) is 15.9. The Bertz CT molecular complexity index is 413. The highest BCUT2D eigenvalue weighted by atomic mass is 79.9. The summed E-state index contributed by atoms with van der Waals surface area (Å²) in [4.78, 5) is 3.78. The number of hydrogen-bond donors (Lipinski definition) is 0. The SMILES string of the molecule is CCCCCCCCCC[n+]1ccccc1.Cl.[Br-].c1ccncc1. The third-order valence-corrected chi connectivity index (χ3v) is 3.61. The van der Waals surface area contributed by atoms with Crippen molar-refractivity contribution in [3.05, 3.63) is 61.2 Å². The molecule has 0 N–H and O–H groups in total. The highest BCUT2D eigenvalue weighted by molar-refractivity contribution is 5.85. The topological polar surface area (TPSA) is 16.8 Å². The van der Waals surface area contributed by atoms with Gasteiger partial charge in [-0.25, -0.2) is 4.57 Å². The molecule has 0 spiro atoms. The number of nitrogens with zero attached hydrogens (tertiary/aromatic N) is 2. The first kappa shape index (κ1) is 25.3. The summed E-state index contributed by atoms with van der Waals surface area (Å²) in [5.41, 5.74) is 0. The van der Waals surface area contributed by atoms with Crippen LogP contribution in [0.25, 0.3) is 0 Å². The molecule has 24 heavy (non-hydrogen) atoms. The van der Waals surface area contributed by atoms with E-state index in [1.807, 2.05) is 18.2 Å². The molecule has 4 heteroatoms. The molecular weight excluding hydrogens is 384 g/mol. The van der Waals surface area contributed by atoms with Crippen molar-refractivity contribution in [3.63, 3.8) is 0 Å². The number of halogens is 2. The number of aryl methyl sites for hydroxylation is 1. The smallest absolute Gasteiger partial charge is 0.168 e. The summed E-state index contributed by atoms with van der Waals surface area (Å²) in [6.45, 7) is 3.45. The van der Waals surface area contributed by atoms with Crippen LogP contribution in [0.2, 0.25) is 0 Å². The minimum Gasteiger partial charge on any atom is -1.00 e. The lowest BCUT2D eigenvalue weighted by Crippen LogP contribution is -3.00. The Morgan fingerprint density at radius 3 is 1.62 bits per heavy atom. The van der Waals surface area contributed by atoms with Crippen molar-refractivity contribution in [2.24, 2.45) is 0 Å². The largest absolute Gasteiger partial charge is 1.00 e. The molecule has 0 amide bonds. The van der Waals surface area contributed by atoms with Crippen LogP contribution in [0.3, 0.4) is 0 Å². The molecule has 0 aromatic carbocycles. The van der Waals surface area contributed by atoms with E-state index in [4.69, 9.17) is 0 Å². The number of unbranched alkanes of at least 4 members (excludes halogenated alkanes) is 7. The zero-order valence-electron chi connectivity index (χ0n) is 14.8. The van der Waals surface area contributed by atoms with Gasteiger partial charge in [0.25, 0.3) is 0 Å². The Balaban J connectivity index is 0. The lowest BCUT2D eigenvalue weighted by atomic mass is 10.1. The van der Waals surface area contributed by atoms with Crippen LogP contribution in [0.15, 0.2) is 61.2 Å². The predicted molar refractivity (Wildman–Crippen MR) is 101 cm³/mol. The predicted octanol–water partition coefficient (Wildman–Crippen LogP) is 2.62. The monoisotopic (exact) mass is 414 g/mol. The van der Waals surface area contributed by atoms with E-state index in [2.05, 4.69) is 47.1 Å². The van der Waals surface area contributed by atoms with Crippen molar-refractivity contribution in [2.75, 3.05) is 0 Å². The van der Waals surface area contributed by atoms with Gasteiger partial charge in [-0.15, -0.1) is 12.4 Å². The molecule has 2 aromatic rings. The Morgan fingerprint density at radius 2 is 1.17 bits per heavy atom. The first-order valence-corrected chi connectivity index (χ1v) is 8.72. The fourth-order valence-corrected chi connectivity index (χ4v) is 2.32. The first-order chi connectivity index (χ1) is 10.9. The van der Waals surface area contributed by atoms with E-state index in [0.29, 0.717) is 0 Å². The van der Waals surface area contributed by atoms with Gasteiger partial charge in [0.1, 0.15) is 6.54 Å². The molecule has 0 saturated heterocycles. The van der Waals surface area contributed by atoms with Crippen LogP contribution in [0.4, 0.5) is 0 Å². The van der Waals surface area contributed by atoms with Crippen LogP contribution in [-0.4, -0.2) is 4.98 Å². The van der Waals surface area contributed by atoms with Gasteiger partial charge in [-0.05, 0) is 18.6 Å². The lowest BCUT2D eigenvalue weighted by molar-refractivity contribution is -0.697. The molecule has 0 radical (unpaired) electrons. The maximum absolute atomic E-state index is 3.78. The highest BCUT2D eigenvalue weighted by Gasteiger charge is 1.97. The molecule has 136 valence electrons. The molecule has 0 atom stereocenters. The second-order valence-corrected chi connectivity index (χ2v) is 5.61. The fraction of sp³-hybridized carbons (Fsp3) is 0.500. The van der Waals surface area contributed by atoms with Crippen LogP contribution in [-0.2, 0) is 6.54 Å². The summed E-state index contributed by atoms with van der Waals surface area (Å²) in [5.74, 6) is 0. The molecule has 0 aliphatic carbocycles. The van der Waals surface area contributed by atoms with Crippen molar-refractivity contribution in [1.29, 1.82) is 0 Å².